The lowest BCUT2D eigenvalue weighted by molar-refractivity contribution is 0.140. The first kappa shape index (κ1) is 16.9. The molecule has 0 aliphatic carbocycles. The van der Waals surface area contributed by atoms with E-state index in [-0.39, 0.29) is 17.2 Å². The fourth-order valence-electron chi connectivity index (χ4n) is 1.77. The highest BCUT2D eigenvalue weighted by Gasteiger charge is 2.03. The molecule has 0 bridgehead atoms. The highest BCUT2D eigenvalue weighted by atomic mass is 35.5. The molecule has 0 saturated carbocycles. The van der Waals surface area contributed by atoms with Crippen LogP contribution in [0.25, 0.3) is 0 Å². The van der Waals surface area contributed by atoms with Crippen LogP contribution in [0, 0.1) is 17.7 Å². The van der Waals surface area contributed by atoms with Gasteiger partial charge in [-0.05, 0) is 17.7 Å². The van der Waals surface area contributed by atoms with Crippen LogP contribution in [0.15, 0.2) is 48.5 Å². The van der Waals surface area contributed by atoms with Crippen LogP contribution in [0.4, 0.5) is 9.18 Å². The van der Waals surface area contributed by atoms with Gasteiger partial charge >= 0.3 is 6.09 Å². The van der Waals surface area contributed by atoms with Gasteiger partial charge in [0.2, 0.25) is 0 Å². The van der Waals surface area contributed by atoms with Crippen LogP contribution >= 0.6 is 11.6 Å². The molecule has 0 spiro atoms. The molecule has 118 valence electrons. The first-order valence-corrected chi connectivity index (χ1v) is 7.42. The minimum atomic E-state index is -0.514. The molecule has 0 aromatic heterocycles. The Morgan fingerprint density at radius 2 is 1.96 bits per heavy atom. The van der Waals surface area contributed by atoms with Crippen molar-refractivity contribution in [2.75, 3.05) is 6.54 Å². The van der Waals surface area contributed by atoms with Gasteiger partial charge in [0.25, 0.3) is 0 Å². The van der Waals surface area contributed by atoms with E-state index < -0.39 is 11.9 Å². The van der Waals surface area contributed by atoms with Crippen LogP contribution in [0.2, 0.25) is 5.02 Å². The molecule has 5 heteroatoms. The predicted octanol–water partition coefficient (Wildman–Crippen LogP) is 4.15. The fourth-order valence-corrected chi connectivity index (χ4v) is 1.98. The third-order valence-electron chi connectivity index (χ3n) is 2.91. The van der Waals surface area contributed by atoms with Crippen LogP contribution < -0.4 is 5.32 Å². The normalized spacial score (nSPS) is 9.65. The van der Waals surface area contributed by atoms with Gasteiger partial charge in [0.05, 0.1) is 10.6 Å². The highest BCUT2D eigenvalue weighted by molar-refractivity contribution is 6.31. The minimum Gasteiger partial charge on any atom is -0.445 e. The van der Waals surface area contributed by atoms with Crippen molar-refractivity contribution in [3.63, 3.8) is 0 Å². The van der Waals surface area contributed by atoms with Gasteiger partial charge in [0.15, 0.2) is 0 Å². The zero-order valence-electron chi connectivity index (χ0n) is 12.3. The zero-order valence-corrected chi connectivity index (χ0v) is 13.1. The van der Waals surface area contributed by atoms with Crippen molar-refractivity contribution in [2.24, 2.45) is 0 Å². The molecule has 1 N–H and O–H groups in total. The van der Waals surface area contributed by atoms with Crippen LogP contribution in [0.1, 0.15) is 17.5 Å². The molecule has 0 saturated heterocycles. The molecule has 0 fully saturated rings. The second kappa shape index (κ2) is 8.82. The molecular weight excluding hydrogens is 317 g/mol. The number of ether oxygens (including phenoxy) is 1. The number of benzene rings is 2. The number of carbonyl (C=O) groups excluding carboxylic acids is 1. The molecule has 23 heavy (non-hydrogen) atoms. The molecule has 2 rings (SSSR count). The van der Waals surface area contributed by atoms with E-state index in [0.29, 0.717) is 13.0 Å². The summed E-state index contributed by atoms with van der Waals surface area (Å²) < 4.78 is 18.5. The minimum absolute atomic E-state index is 0.167. The topological polar surface area (TPSA) is 38.3 Å². The lowest BCUT2D eigenvalue weighted by Crippen LogP contribution is -2.24. The average molecular weight is 332 g/mol. The van der Waals surface area contributed by atoms with Gasteiger partial charge < -0.3 is 10.1 Å². The third kappa shape index (κ3) is 5.65. The molecule has 0 unspecified atom stereocenters. The zero-order chi connectivity index (χ0) is 16.5. The van der Waals surface area contributed by atoms with Crippen molar-refractivity contribution in [1.82, 2.24) is 5.32 Å². The van der Waals surface area contributed by atoms with Crippen LogP contribution in [0.5, 0.6) is 0 Å². The number of rotatable bonds is 4. The Kier molecular flexibility index (Phi) is 6.46. The summed E-state index contributed by atoms with van der Waals surface area (Å²) in [6.45, 7) is 0.524. The first-order valence-electron chi connectivity index (χ1n) is 7.04. The number of hydrogen-bond donors (Lipinski definition) is 1. The Balaban J connectivity index is 1.71. The van der Waals surface area contributed by atoms with E-state index >= 15 is 0 Å². The number of carbonyl (C=O) groups is 1. The number of amides is 1. The Hall–Kier alpha value is -2.51. The number of hydrogen-bond acceptors (Lipinski definition) is 2. The van der Waals surface area contributed by atoms with Crippen molar-refractivity contribution in [2.45, 2.75) is 13.0 Å². The fraction of sp³-hybridized carbons (Fsp3) is 0.167. The maximum absolute atomic E-state index is 13.5. The molecule has 0 atom stereocenters. The summed E-state index contributed by atoms with van der Waals surface area (Å²) in [6, 6.07) is 13.8. The Labute approximate surface area is 139 Å². The molecule has 0 radical (unpaired) electrons. The van der Waals surface area contributed by atoms with Crippen LogP contribution in [-0.2, 0) is 11.3 Å². The van der Waals surface area contributed by atoms with Gasteiger partial charge in [0.1, 0.15) is 12.4 Å². The SMILES string of the molecule is O=C(NCCC#Cc1c(F)cccc1Cl)OCc1ccccc1. The lowest BCUT2D eigenvalue weighted by Gasteiger charge is -2.05. The second-order valence-electron chi connectivity index (χ2n) is 4.64. The van der Waals surface area contributed by atoms with Gasteiger partial charge in [-0.2, -0.15) is 0 Å². The van der Waals surface area contributed by atoms with E-state index in [2.05, 4.69) is 17.2 Å². The maximum atomic E-state index is 13.5. The van der Waals surface area contributed by atoms with Gasteiger partial charge in [-0.15, -0.1) is 0 Å². The first-order chi connectivity index (χ1) is 11.2. The summed E-state index contributed by atoms with van der Waals surface area (Å²) in [5.41, 5.74) is 1.08. The summed E-state index contributed by atoms with van der Waals surface area (Å²) in [7, 11) is 0. The van der Waals surface area contributed by atoms with Crippen molar-refractivity contribution in [3.8, 4) is 11.8 Å². The lowest BCUT2D eigenvalue weighted by atomic mass is 10.2. The van der Waals surface area contributed by atoms with Crippen molar-refractivity contribution in [1.29, 1.82) is 0 Å². The van der Waals surface area contributed by atoms with Gasteiger partial charge in [-0.1, -0.05) is 59.8 Å². The predicted molar refractivity (Wildman–Crippen MR) is 87.5 cm³/mol. The maximum Gasteiger partial charge on any atom is 0.407 e. The van der Waals surface area contributed by atoms with E-state index in [9.17, 15) is 9.18 Å². The smallest absolute Gasteiger partial charge is 0.407 e. The molecule has 0 heterocycles. The van der Waals surface area contributed by atoms with E-state index in [1.807, 2.05) is 30.3 Å². The number of halogens is 2. The summed E-state index contributed by atoms with van der Waals surface area (Å²) in [6.07, 6.45) is -0.148. The molecule has 0 aliphatic heterocycles. The molecular formula is C18H15ClFNO2. The Morgan fingerprint density at radius 1 is 1.17 bits per heavy atom. The van der Waals surface area contributed by atoms with E-state index in [1.54, 1.807) is 6.07 Å². The Morgan fingerprint density at radius 3 is 2.70 bits per heavy atom. The van der Waals surface area contributed by atoms with E-state index in [0.717, 1.165) is 5.56 Å². The summed E-state index contributed by atoms with van der Waals surface area (Å²) >= 11 is 5.86. The standard InChI is InChI=1S/C18H15ClFNO2/c19-16-10-6-11-17(20)15(16)9-4-5-12-21-18(22)23-13-14-7-2-1-3-8-14/h1-3,6-8,10-11H,5,12-13H2,(H,21,22). The van der Waals surface area contributed by atoms with E-state index in [1.165, 1.54) is 12.1 Å². The molecule has 3 nitrogen and oxygen atoms in total. The number of nitrogens with one attached hydrogen (secondary N) is 1. The molecule has 2 aromatic rings. The number of alkyl carbamates (subject to hydrolysis) is 1. The summed E-state index contributed by atoms with van der Waals surface area (Å²) in [4.78, 5) is 11.5. The second-order valence-corrected chi connectivity index (χ2v) is 5.04. The Bertz CT molecular complexity index is 703. The molecule has 2 aromatic carbocycles. The molecule has 0 aliphatic rings. The van der Waals surface area contributed by atoms with Crippen LogP contribution in [-0.4, -0.2) is 12.6 Å². The average Bonchev–Trinajstić information content (AvgIpc) is 2.56. The van der Waals surface area contributed by atoms with Gasteiger partial charge in [0, 0.05) is 13.0 Å². The highest BCUT2D eigenvalue weighted by Crippen LogP contribution is 2.17. The van der Waals surface area contributed by atoms with E-state index in [4.69, 9.17) is 16.3 Å². The van der Waals surface area contributed by atoms with Gasteiger partial charge in [-0.3, -0.25) is 0 Å². The summed E-state index contributed by atoms with van der Waals surface area (Å²) in [5, 5.41) is 2.85. The third-order valence-corrected chi connectivity index (χ3v) is 3.22. The van der Waals surface area contributed by atoms with Gasteiger partial charge in [-0.25, -0.2) is 9.18 Å². The van der Waals surface area contributed by atoms with Crippen molar-refractivity contribution in [3.05, 3.63) is 70.5 Å². The largest absolute Gasteiger partial charge is 0.445 e. The summed E-state index contributed by atoms with van der Waals surface area (Å²) in [5.74, 6) is 4.97. The monoisotopic (exact) mass is 331 g/mol. The van der Waals surface area contributed by atoms with Crippen LogP contribution in [0.3, 0.4) is 0 Å². The van der Waals surface area contributed by atoms with Crippen molar-refractivity contribution < 1.29 is 13.9 Å². The van der Waals surface area contributed by atoms with Crippen molar-refractivity contribution >= 4 is 17.7 Å². The quantitative estimate of drug-likeness (QED) is 0.675. The molecule has 1 amide bonds.